The van der Waals surface area contributed by atoms with E-state index < -0.39 is 0 Å². The second-order valence-corrected chi connectivity index (χ2v) is 6.65. The fourth-order valence-corrected chi connectivity index (χ4v) is 2.63. The lowest BCUT2D eigenvalue weighted by molar-refractivity contribution is 0.220. The second kappa shape index (κ2) is 4.57. The van der Waals surface area contributed by atoms with Gasteiger partial charge in [0.05, 0.1) is 4.47 Å². The van der Waals surface area contributed by atoms with Gasteiger partial charge in [-0.25, -0.2) is 4.98 Å². The molecular formula is C12H17BrN2S. The number of halogens is 1. The lowest BCUT2D eigenvalue weighted by Crippen LogP contribution is -2.21. The predicted octanol–water partition coefficient (Wildman–Crippen LogP) is 4.59. The van der Waals surface area contributed by atoms with Crippen LogP contribution in [0.5, 0.6) is 0 Å². The van der Waals surface area contributed by atoms with Crippen LogP contribution in [0, 0.1) is 10.1 Å². The van der Waals surface area contributed by atoms with Gasteiger partial charge in [-0.3, -0.25) is 0 Å². The summed E-state index contributed by atoms with van der Waals surface area (Å²) in [5.74, 6) is 1.62. The summed E-state index contributed by atoms with van der Waals surface area (Å²) < 4.78 is 1.64. The molecule has 0 amide bonds. The minimum Gasteiger partial charge on any atom is -0.334 e. The second-order valence-electron chi connectivity index (χ2n) is 5.38. The van der Waals surface area contributed by atoms with E-state index in [0.29, 0.717) is 11.3 Å². The topological polar surface area (TPSA) is 28.7 Å². The van der Waals surface area contributed by atoms with E-state index in [1.165, 1.54) is 25.7 Å². The molecular weight excluding hydrogens is 284 g/mol. The Labute approximate surface area is 110 Å². The van der Waals surface area contributed by atoms with E-state index in [1.54, 1.807) is 0 Å². The van der Waals surface area contributed by atoms with Gasteiger partial charge >= 0.3 is 0 Å². The van der Waals surface area contributed by atoms with Gasteiger partial charge in [-0.2, -0.15) is 0 Å². The summed E-state index contributed by atoms with van der Waals surface area (Å²) in [4.78, 5) is 7.67. The molecule has 1 N–H and O–H groups in total. The Morgan fingerprint density at radius 2 is 2.06 bits per heavy atom. The van der Waals surface area contributed by atoms with Crippen LogP contribution in [0.15, 0.2) is 10.7 Å². The number of aromatic amines is 1. The lowest BCUT2D eigenvalue weighted by Gasteiger charge is -2.33. The zero-order chi connectivity index (χ0) is 11.8. The molecule has 88 valence electrons. The molecule has 16 heavy (non-hydrogen) atoms. The van der Waals surface area contributed by atoms with Crippen molar-refractivity contribution in [2.24, 2.45) is 5.41 Å². The zero-order valence-electron chi connectivity index (χ0n) is 9.72. The van der Waals surface area contributed by atoms with Gasteiger partial charge in [0.25, 0.3) is 0 Å². The molecule has 0 aromatic carbocycles. The number of aromatic nitrogens is 2. The van der Waals surface area contributed by atoms with E-state index in [-0.39, 0.29) is 0 Å². The van der Waals surface area contributed by atoms with E-state index in [4.69, 9.17) is 12.2 Å². The monoisotopic (exact) mass is 300 g/mol. The minimum absolute atomic E-state index is 0.503. The maximum atomic E-state index is 5.21. The highest BCUT2D eigenvalue weighted by Crippen LogP contribution is 2.41. The Morgan fingerprint density at radius 3 is 2.62 bits per heavy atom. The molecule has 1 fully saturated rings. The van der Waals surface area contributed by atoms with Gasteiger partial charge < -0.3 is 4.98 Å². The van der Waals surface area contributed by atoms with Crippen molar-refractivity contribution >= 4 is 28.1 Å². The Morgan fingerprint density at radius 1 is 1.44 bits per heavy atom. The first-order valence-corrected chi connectivity index (χ1v) is 6.93. The van der Waals surface area contributed by atoms with Crippen molar-refractivity contribution in [2.45, 2.75) is 45.4 Å². The van der Waals surface area contributed by atoms with Crippen LogP contribution in [-0.4, -0.2) is 9.97 Å². The smallest absolute Gasteiger partial charge is 0.120 e. The van der Waals surface area contributed by atoms with Gasteiger partial charge in [-0.15, -0.1) is 0 Å². The van der Waals surface area contributed by atoms with E-state index >= 15 is 0 Å². The quantitative estimate of drug-likeness (QED) is 0.769. The van der Waals surface area contributed by atoms with Crippen LogP contribution in [0.1, 0.15) is 51.3 Å². The summed E-state index contributed by atoms with van der Waals surface area (Å²) in [6, 6.07) is 0. The largest absolute Gasteiger partial charge is 0.334 e. The van der Waals surface area contributed by atoms with E-state index in [1.807, 2.05) is 6.20 Å². The van der Waals surface area contributed by atoms with Gasteiger partial charge in [0, 0.05) is 12.1 Å². The Bertz CT molecular complexity index is 429. The molecule has 1 saturated carbocycles. The van der Waals surface area contributed by atoms with Gasteiger partial charge in [-0.1, -0.05) is 26.1 Å². The number of nitrogens with one attached hydrogen (secondary N) is 1. The van der Waals surface area contributed by atoms with Crippen molar-refractivity contribution in [1.29, 1.82) is 0 Å². The van der Waals surface area contributed by atoms with Gasteiger partial charge in [0.1, 0.15) is 10.5 Å². The van der Waals surface area contributed by atoms with Gasteiger partial charge in [0.15, 0.2) is 0 Å². The fourth-order valence-electron chi connectivity index (χ4n) is 2.27. The van der Waals surface area contributed by atoms with Crippen molar-refractivity contribution < 1.29 is 0 Å². The van der Waals surface area contributed by atoms with Crippen LogP contribution >= 0.6 is 28.1 Å². The average Bonchev–Trinajstić information content (AvgIpc) is 2.22. The van der Waals surface area contributed by atoms with E-state index in [0.717, 1.165) is 14.9 Å². The van der Waals surface area contributed by atoms with Crippen LogP contribution < -0.4 is 0 Å². The SMILES string of the molecule is CC1(C)CCC(c2ncc(Br)c(=S)[nH]2)CC1. The summed E-state index contributed by atoms with van der Waals surface area (Å²) in [5.41, 5.74) is 0.503. The van der Waals surface area contributed by atoms with Crippen molar-refractivity contribution in [3.63, 3.8) is 0 Å². The molecule has 0 bridgehead atoms. The molecule has 1 aromatic heterocycles. The van der Waals surface area contributed by atoms with Crippen LogP contribution in [0.2, 0.25) is 0 Å². The summed E-state index contributed by atoms with van der Waals surface area (Å²) in [6.45, 7) is 4.70. The summed E-state index contributed by atoms with van der Waals surface area (Å²) >= 11 is 8.59. The Kier molecular flexibility index (Phi) is 3.50. The standard InChI is InChI=1S/C12H17BrN2S/c1-12(2)5-3-8(4-6-12)10-14-7-9(13)11(16)15-10/h7-8H,3-6H2,1-2H3,(H,14,15,16). The first-order valence-electron chi connectivity index (χ1n) is 5.73. The van der Waals surface area contributed by atoms with Crippen molar-refractivity contribution in [2.75, 3.05) is 0 Å². The molecule has 1 aromatic rings. The van der Waals surface area contributed by atoms with Gasteiger partial charge in [0.2, 0.25) is 0 Å². The highest BCUT2D eigenvalue weighted by atomic mass is 79.9. The molecule has 4 heteroatoms. The highest BCUT2D eigenvalue weighted by molar-refractivity contribution is 9.10. The lowest BCUT2D eigenvalue weighted by atomic mass is 9.73. The molecule has 0 atom stereocenters. The maximum Gasteiger partial charge on any atom is 0.120 e. The number of hydrogen-bond acceptors (Lipinski definition) is 2. The van der Waals surface area contributed by atoms with E-state index in [9.17, 15) is 0 Å². The molecule has 1 aliphatic rings. The van der Waals surface area contributed by atoms with Crippen molar-refractivity contribution in [3.8, 4) is 0 Å². The third kappa shape index (κ3) is 2.72. The first kappa shape index (κ1) is 12.2. The molecule has 1 aliphatic carbocycles. The fraction of sp³-hybridized carbons (Fsp3) is 0.667. The molecule has 0 aliphatic heterocycles. The molecule has 0 spiro atoms. The number of H-pyrrole nitrogens is 1. The van der Waals surface area contributed by atoms with E-state index in [2.05, 4.69) is 39.7 Å². The van der Waals surface area contributed by atoms with Crippen LogP contribution in [0.3, 0.4) is 0 Å². The van der Waals surface area contributed by atoms with Crippen LogP contribution in [0.4, 0.5) is 0 Å². The Hall–Kier alpha value is -0.220. The highest BCUT2D eigenvalue weighted by Gasteiger charge is 2.28. The average molecular weight is 301 g/mol. The van der Waals surface area contributed by atoms with Crippen molar-refractivity contribution in [1.82, 2.24) is 9.97 Å². The molecule has 0 unspecified atom stereocenters. The summed E-state index contributed by atoms with van der Waals surface area (Å²) in [6.07, 6.45) is 6.79. The Balaban J connectivity index is 2.14. The molecule has 2 nitrogen and oxygen atoms in total. The van der Waals surface area contributed by atoms with Gasteiger partial charge in [-0.05, 0) is 47.0 Å². The normalized spacial score (nSPS) is 20.9. The van der Waals surface area contributed by atoms with Crippen LogP contribution in [-0.2, 0) is 0 Å². The maximum absolute atomic E-state index is 5.21. The third-order valence-electron chi connectivity index (χ3n) is 3.50. The molecule has 1 heterocycles. The first-order chi connectivity index (χ1) is 7.48. The zero-order valence-corrected chi connectivity index (χ0v) is 12.1. The summed E-state index contributed by atoms with van der Waals surface area (Å²) in [7, 11) is 0. The van der Waals surface area contributed by atoms with Crippen LogP contribution in [0.25, 0.3) is 0 Å². The van der Waals surface area contributed by atoms with Crippen molar-refractivity contribution in [3.05, 3.63) is 21.1 Å². The summed E-state index contributed by atoms with van der Waals surface area (Å²) in [5, 5.41) is 0. The predicted molar refractivity (Wildman–Crippen MR) is 72.1 cm³/mol. The third-order valence-corrected chi connectivity index (χ3v) is 4.69. The number of rotatable bonds is 1. The molecule has 2 rings (SSSR count). The molecule has 0 saturated heterocycles. The molecule has 0 radical (unpaired) electrons. The number of nitrogens with zero attached hydrogens (tertiary/aromatic N) is 1. The minimum atomic E-state index is 0.503. The number of hydrogen-bond donors (Lipinski definition) is 1.